The third kappa shape index (κ3) is 3.44. The zero-order chi connectivity index (χ0) is 19.5. The van der Waals surface area contributed by atoms with Gasteiger partial charge >= 0.3 is 5.97 Å². The molecule has 0 unspecified atom stereocenters. The van der Waals surface area contributed by atoms with Gasteiger partial charge in [-0.25, -0.2) is 9.78 Å². The standard InChI is InChI=1S/C21H17N3O3S/c1-2-24(21-23-17-9-3-4-11-18(17)28-21)19(25)13-27-20(26)15-7-5-10-16-14(15)8-6-12-22-16/h3-12H,2,13H2,1H3. The van der Waals surface area contributed by atoms with Crippen LogP contribution in [0, 0.1) is 0 Å². The molecule has 140 valence electrons. The van der Waals surface area contributed by atoms with Gasteiger partial charge in [-0.05, 0) is 37.3 Å². The summed E-state index contributed by atoms with van der Waals surface area (Å²) in [5.74, 6) is -0.861. The summed E-state index contributed by atoms with van der Waals surface area (Å²) < 4.78 is 6.30. The van der Waals surface area contributed by atoms with E-state index >= 15 is 0 Å². The summed E-state index contributed by atoms with van der Waals surface area (Å²) in [6.45, 7) is 1.95. The molecule has 0 aliphatic rings. The molecular weight excluding hydrogens is 374 g/mol. The molecule has 0 aliphatic heterocycles. The third-order valence-corrected chi connectivity index (χ3v) is 5.38. The topological polar surface area (TPSA) is 72.4 Å². The van der Waals surface area contributed by atoms with Crippen LogP contribution in [0.4, 0.5) is 5.13 Å². The van der Waals surface area contributed by atoms with Crippen LogP contribution in [0.3, 0.4) is 0 Å². The summed E-state index contributed by atoms with van der Waals surface area (Å²) >= 11 is 1.44. The van der Waals surface area contributed by atoms with Gasteiger partial charge in [0.2, 0.25) is 0 Å². The molecule has 2 heterocycles. The highest BCUT2D eigenvalue weighted by molar-refractivity contribution is 7.22. The van der Waals surface area contributed by atoms with Gasteiger partial charge in [-0.1, -0.05) is 35.6 Å². The van der Waals surface area contributed by atoms with Crippen LogP contribution in [0.2, 0.25) is 0 Å². The van der Waals surface area contributed by atoms with Gasteiger partial charge in [-0.15, -0.1) is 0 Å². The van der Waals surface area contributed by atoms with Gasteiger partial charge in [0.1, 0.15) is 0 Å². The molecule has 0 radical (unpaired) electrons. The third-order valence-electron chi connectivity index (χ3n) is 4.32. The molecule has 28 heavy (non-hydrogen) atoms. The van der Waals surface area contributed by atoms with Gasteiger partial charge in [0.05, 0.1) is 21.3 Å². The number of carbonyl (C=O) groups is 2. The zero-order valence-corrected chi connectivity index (χ0v) is 16.0. The Kier molecular flexibility index (Phi) is 4.99. The van der Waals surface area contributed by atoms with E-state index in [0.717, 1.165) is 10.2 Å². The van der Waals surface area contributed by atoms with Crippen molar-refractivity contribution in [1.82, 2.24) is 9.97 Å². The number of hydrogen-bond donors (Lipinski definition) is 0. The summed E-state index contributed by atoms with van der Waals surface area (Å²) in [5, 5.41) is 1.29. The molecule has 2 aromatic carbocycles. The molecule has 0 spiro atoms. The molecule has 0 saturated heterocycles. The number of likely N-dealkylation sites (N-methyl/N-ethyl adjacent to an activating group) is 1. The maximum atomic E-state index is 12.7. The number of benzene rings is 2. The second-order valence-electron chi connectivity index (χ2n) is 6.05. The number of pyridine rings is 1. The number of nitrogens with zero attached hydrogens (tertiary/aromatic N) is 3. The first-order chi connectivity index (χ1) is 13.7. The van der Waals surface area contributed by atoms with Gasteiger partial charge in [0.25, 0.3) is 5.91 Å². The van der Waals surface area contributed by atoms with Gasteiger partial charge < -0.3 is 4.74 Å². The molecule has 0 saturated carbocycles. The van der Waals surface area contributed by atoms with Crippen LogP contribution in [-0.4, -0.2) is 35.0 Å². The van der Waals surface area contributed by atoms with Crippen molar-refractivity contribution in [2.45, 2.75) is 6.92 Å². The van der Waals surface area contributed by atoms with E-state index in [0.29, 0.717) is 28.1 Å². The fourth-order valence-corrected chi connectivity index (χ4v) is 4.00. The number of fused-ring (bicyclic) bond motifs is 2. The van der Waals surface area contributed by atoms with Crippen molar-refractivity contribution < 1.29 is 14.3 Å². The average molecular weight is 391 g/mol. The first-order valence-electron chi connectivity index (χ1n) is 8.84. The quantitative estimate of drug-likeness (QED) is 0.480. The number of amides is 1. The number of rotatable bonds is 5. The average Bonchev–Trinajstić information content (AvgIpc) is 3.15. The number of para-hydroxylation sites is 1. The molecule has 1 amide bonds. The van der Waals surface area contributed by atoms with E-state index in [1.165, 1.54) is 16.2 Å². The number of esters is 1. The van der Waals surface area contributed by atoms with E-state index in [4.69, 9.17) is 4.74 Å². The Balaban J connectivity index is 1.50. The van der Waals surface area contributed by atoms with Crippen molar-refractivity contribution in [3.05, 3.63) is 66.4 Å². The second kappa shape index (κ2) is 7.74. The van der Waals surface area contributed by atoms with Gasteiger partial charge in [0.15, 0.2) is 11.7 Å². The molecule has 4 aromatic rings. The molecule has 0 N–H and O–H groups in total. The molecule has 6 nitrogen and oxygen atoms in total. The number of thiazole rings is 1. The van der Waals surface area contributed by atoms with E-state index in [2.05, 4.69) is 9.97 Å². The Bertz CT molecular complexity index is 1130. The van der Waals surface area contributed by atoms with Crippen molar-refractivity contribution >= 4 is 49.5 Å². The van der Waals surface area contributed by atoms with Crippen molar-refractivity contribution in [2.75, 3.05) is 18.1 Å². The molecule has 0 atom stereocenters. The normalized spacial score (nSPS) is 10.9. The molecule has 0 fully saturated rings. The van der Waals surface area contributed by atoms with E-state index in [-0.39, 0.29) is 12.5 Å². The molecule has 0 bridgehead atoms. The van der Waals surface area contributed by atoms with E-state index in [9.17, 15) is 9.59 Å². The summed E-state index contributed by atoms with van der Waals surface area (Å²) in [7, 11) is 0. The Hall–Kier alpha value is -3.32. The Morgan fingerprint density at radius 1 is 1.04 bits per heavy atom. The lowest BCUT2D eigenvalue weighted by molar-refractivity contribution is -0.121. The minimum Gasteiger partial charge on any atom is -0.452 e. The summed E-state index contributed by atoms with van der Waals surface area (Å²) in [6.07, 6.45) is 1.66. The van der Waals surface area contributed by atoms with Crippen LogP contribution >= 0.6 is 11.3 Å². The van der Waals surface area contributed by atoms with Gasteiger partial charge in [-0.2, -0.15) is 0 Å². The van der Waals surface area contributed by atoms with Crippen LogP contribution in [0.5, 0.6) is 0 Å². The number of anilines is 1. The zero-order valence-electron chi connectivity index (χ0n) is 15.2. The largest absolute Gasteiger partial charge is 0.452 e. The lowest BCUT2D eigenvalue weighted by Crippen LogP contribution is -2.34. The number of hydrogen-bond acceptors (Lipinski definition) is 6. The summed E-state index contributed by atoms with van der Waals surface area (Å²) in [6, 6.07) is 16.5. The maximum absolute atomic E-state index is 12.7. The maximum Gasteiger partial charge on any atom is 0.339 e. The second-order valence-corrected chi connectivity index (χ2v) is 7.06. The fourth-order valence-electron chi connectivity index (χ4n) is 2.96. The fraction of sp³-hybridized carbons (Fsp3) is 0.143. The number of aromatic nitrogens is 2. The molecule has 4 rings (SSSR count). The Morgan fingerprint density at radius 2 is 1.86 bits per heavy atom. The summed E-state index contributed by atoms with van der Waals surface area (Å²) in [5.41, 5.74) is 1.93. The number of ether oxygens (including phenoxy) is 1. The molecular formula is C21H17N3O3S. The van der Waals surface area contributed by atoms with Crippen molar-refractivity contribution in [3.63, 3.8) is 0 Å². The highest BCUT2D eigenvalue weighted by Crippen LogP contribution is 2.28. The minimum atomic E-state index is -0.549. The predicted octanol–water partition coefficient (Wildman–Crippen LogP) is 4.05. The van der Waals surface area contributed by atoms with Crippen LogP contribution in [0.15, 0.2) is 60.8 Å². The van der Waals surface area contributed by atoms with E-state index in [1.807, 2.05) is 37.3 Å². The van der Waals surface area contributed by atoms with Crippen molar-refractivity contribution in [1.29, 1.82) is 0 Å². The Labute approximate surface area is 165 Å². The van der Waals surface area contributed by atoms with Crippen LogP contribution in [-0.2, 0) is 9.53 Å². The lowest BCUT2D eigenvalue weighted by atomic mass is 10.1. The van der Waals surface area contributed by atoms with Crippen molar-refractivity contribution in [3.8, 4) is 0 Å². The molecule has 7 heteroatoms. The SMILES string of the molecule is CCN(C(=O)COC(=O)c1cccc2ncccc12)c1nc2ccccc2s1. The highest BCUT2D eigenvalue weighted by Gasteiger charge is 2.20. The molecule has 2 aromatic heterocycles. The summed E-state index contributed by atoms with van der Waals surface area (Å²) in [4.78, 5) is 35.4. The van der Waals surface area contributed by atoms with Crippen LogP contribution in [0.25, 0.3) is 21.1 Å². The van der Waals surface area contributed by atoms with Crippen LogP contribution < -0.4 is 4.90 Å². The lowest BCUT2D eigenvalue weighted by Gasteiger charge is -2.17. The minimum absolute atomic E-state index is 0.312. The Morgan fingerprint density at radius 3 is 2.68 bits per heavy atom. The first-order valence-corrected chi connectivity index (χ1v) is 9.66. The first kappa shape index (κ1) is 18.1. The smallest absolute Gasteiger partial charge is 0.339 e. The van der Waals surface area contributed by atoms with E-state index < -0.39 is 5.97 Å². The van der Waals surface area contributed by atoms with E-state index in [1.54, 1.807) is 30.5 Å². The monoisotopic (exact) mass is 391 g/mol. The van der Waals surface area contributed by atoms with Gasteiger partial charge in [-0.3, -0.25) is 14.7 Å². The highest BCUT2D eigenvalue weighted by atomic mass is 32.1. The van der Waals surface area contributed by atoms with Gasteiger partial charge in [0, 0.05) is 18.1 Å². The van der Waals surface area contributed by atoms with Crippen molar-refractivity contribution in [2.24, 2.45) is 0 Å². The molecule has 0 aliphatic carbocycles. The number of carbonyl (C=O) groups excluding carboxylic acids is 2. The predicted molar refractivity (Wildman–Crippen MR) is 110 cm³/mol. The van der Waals surface area contributed by atoms with Crippen LogP contribution in [0.1, 0.15) is 17.3 Å².